The van der Waals surface area contributed by atoms with Crippen LogP contribution in [0.3, 0.4) is 0 Å². The first-order valence-electron chi connectivity index (χ1n) is 12.3. The van der Waals surface area contributed by atoms with Gasteiger partial charge in [0, 0.05) is 18.5 Å². The number of carbonyl (C=O) groups is 3. The van der Waals surface area contributed by atoms with E-state index in [1.54, 1.807) is 18.2 Å². The minimum Gasteiger partial charge on any atom is -0.493 e. The molecule has 41 heavy (non-hydrogen) atoms. The molecule has 3 aromatic rings. The lowest BCUT2D eigenvalue weighted by Gasteiger charge is -2.27. The summed E-state index contributed by atoms with van der Waals surface area (Å²) in [7, 11) is -1.43. The van der Waals surface area contributed by atoms with Gasteiger partial charge >= 0.3 is 5.97 Å². The summed E-state index contributed by atoms with van der Waals surface area (Å²) in [6.45, 7) is 1.08. The van der Waals surface area contributed by atoms with Crippen LogP contribution in [0.1, 0.15) is 18.9 Å². The Bertz CT molecular complexity index is 1600. The minimum atomic E-state index is -4.41. The fourth-order valence-electron chi connectivity index (χ4n) is 4.46. The average Bonchev–Trinajstić information content (AvgIpc) is 3.22. The van der Waals surface area contributed by atoms with E-state index in [2.05, 4.69) is 0 Å². The number of carbonyl (C=O) groups excluding carboxylic acids is 3. The first kappa shape index (κ1) is 30.3. The molecule has 0 aliphatic carbocycles. The van der Waals surface area contributed by atoms with Crippen LogP contribution in [0.2, 0.25) is 10.0 Å². The smallest absolute Gasteiger partial charge is 0.308 e. The Balaban J connectivity index is 1.70. The third-order valence-corrected chi connectivity index (χ3v) is 9.00. The van der Waals surface area contributed by atoms with Gasteiger partial charge in [0.1, 0.15) is 16.7 Å². The number of ether oxygens (including phenoxy) is 3. The quantitative estimate of drug-likeness (QED) is 0.185. The predicted octanol–water partition coefficient (Wildman–Crippen LogP) is 4.50. The molecular formula is C28H26Cl2N2O8S. The standard InChI is InChI=1S/C28H26Cl2N2O8S/c1-17(33)40-21-8-6-20(7-9-21)32-27(34)16-23(28(32)35)31(41(36,37)26-15-19(29)5-10-22(26)30)13-12-18-4-11-24(38-2)25(14-18)39-3/h4-11,14-15,23H,12-13,16H2,1-3H3. The van der Waals surface area contributed by atoms with Crippen molar-refractivity contribution >= 4 is 56.7 Å². The van der Waals surface area contributed by atoms with Crippen molar-refractivity contribution < 1.29 is 37.0 Å². The second-order valence-electron chi connectivity index (χ2n) is 9.00. The molecule has 0 bridgehead atoms. The van der Waals surface area contributed by atoms with Gasteiger partial charge in [0.2, 0.25) is 15.9 Å². The SMILES string of the molecule is COc1ccc(CCN(C2CC(=O)N(c3ccc(OC(C)=O)cc3)C2=O)S(=O)(=O)c2cc(Cl)ccc2Cl)cc1OC. The maximum Gasteiger partial charge on any atom is 0.308 e. The summed E-state index contributed by atoms with van der Waals surface area (Å²) in [4.78, 5) is 38.6. The third kappa shape index (κ3) is 6.48. The molecule has 1 atom stereocenters. The molecular weight excluding hydrogens is 595 g/mol. The molecule has 1 unspecified atom stereocenters. The summed E-state index contributed by atoms with van der Waals surface area (Å²) < 4.78 is 44.6. The van der Waals surface area contributed by atoms with Gasteiger partial charge in [-0.15, -0.1) is 0 Å². The van der Waals surface area contributed by atoms with E-state index in [9.17, 15) is 22.8 Å². The van der Waals surface area contributed by atoms with E-state index in [-0.39, 0.29) is 39.3 Å². The normalized spacial score (nSPS) is 15.4. The molecule has 0 radical (unpaired) electrons. The number of hydrogen-bond donors (Lipinski definition) is 0. The highest BCUT2D eigenvalue weighted by molar-refractivity contribution is 7.89. The molecule has 10 nitrogen and oxygen atoms in total. The molecule has 1 fully saturated rings. The second-order valence-corrected chi connectivity index (χ2v) is 11.7. The first-order chi connectivity index (χ1) is 19.5. The van der Waals surface area contributed by atoms with E-state index >= 15 is 0 Å². The topological polar surface area (TPSA) is 120 Å². The number of anilines is 1. The number of amides is 2. The summed E-state index contributed by atoms with van der Waals surface area (Å²) in [6.07, 6.45) is -0.222. The number of methoxy groups -OCH3 is 2. The Labute approximate surface area is 247 Å². The largest absolute Gasteiger partial charge is 0.493 e. The van der Waals surface area contributed by atoms with Gasteiger partial charge in [-0.2, -0.15) is 4.31 Å². The number of imide groups is 1. The number of esters is 1. The van der Waals surface area contributed by atoms with Gasteiger partial charge in [-0.3, -0.25) is 14.4 Å². The lowest BCUT2D eigenvalue weighted by molar-refractivity contribution is -0.132. The zero-order valence-corrected chi connectivity index (χ0v) is 24.6. The van der Waals surface area contributed by atoms with Crippen LogP contribution < -0.4 is 19.1 Å². The van der Waals surface area contributed by atoms with Crippen molar-refractivity contribution in [3.63, 3.8) is 0 Å². The minimum absolute atomic E-state index is 0.0831. The summed E-state index contributed by atoms with van der Waals surface area (Å²) in [6, 6.07) is 13.5. The number of sulfonamides is 1. The first-order valence-corrected chi connectivity index (χ1v) is 14.5. The van der Waals surface area contributed by atoms with Gasteiger partial charge in [0.25, 0.3) is 5.91 Å². The van der Waals surface area contributed by atoms with E-state index in [1.807, 2.05) is 0 Å². The third-order valence-electron chi connectivity index (χ3n) is 6.38. The van der Waals surface area contributed by atoms with Crippen molar-refractivity contribution in [2.75, 3.05) is 25.7 Å². The Morgan fingerprint density at radius 1 is 0.976 bits per heavy atom. The van der Waals surface area contributed by atoms with Gasteiger partial charge in [0.05, 0.1) is 31.4 Å². The van der Waals surface area contributed by atoms with Gasteiger partial charge in [0.15, 0.2) is 11.5 Å². The van der Waals surface area contributed by atoms with E-state index in [1.165, 1.54) is 63.6 Å². The molecule has 0 aromatic heterocycles. The number of benzene rings is 3. The molecule has 4 rings (SSSR count). The van der Waals surface area contributed by atoms with Gasteiger partial charge in [-0.1, -0.05) is 29.3 Å². The number of nitrogens with zero attached hydrogens (tertiary/aromatic N) is 2. The van der Waals surface area contributed by atoms with Crippen molar-refractivity contribution in [1.82, 2.24) is 4.31 Å². The lowest BCUT2D eigenvalue weighted by Crippen LogP contribution is -2.46. The Morgan fingerprint density at radius 3 is 2.29 bits per heavy atom. The number of hydrogen-bond acceptors (Lipinski definition) is 8. The zero-order chi connectivity index (χ0) is 29.9. The summed E-state index contributed by atoms with van der Waals surface area (Å²) in [5, 5.41) is 0.0522. The van der Waals surface area contributed by atoms with Crippen LogP contribution in [-0.4, -0.2) is 57.3 Å². The van der Waals surface area contributed by atoms with Crippen molar-refractivity contribution in [3.8, 4) is 17.2 Å². The van der Waals surface area contributed by atoms with Crippen LogP contribution in [0.4, 0.5) is 5.69 Å². The molecule has 1 heterocycles. The van der Waals surface area contributed by atoms with Gasteiger partial charge < -0.3 is 14.2 Å². The van der Waals surface area contributed by atoms with Crippen LogP contribution in [0.25, 0.3) is 0 Å². The summed E-state index contributed by atoms with van der Waals surface area (Å²) in [5.74, 6) is -0.674. The number of rotatable bonds is 10. The van der Waals surface area contributed by atoms with Crippen molar-refractivity contribution in [3.05, 3.63) is 76.3 Å². The van der Waals surface area contributed by atoms with Crippen molar-refractivity contribution in [2.45, 2.75) is 30.7 Å². The highest BCUT2D eigenvalue weighted by Gasteiger charge is 2.47. The molecule has 0 spiro atoms. The maximum atomic E-state index is 14.0. The highest BCUT2D eigenvalue weighted by Crippen LogP contribution is 2.34. The van der Waals surface area contributed by atoms with Gasteiger partial charge in [-0.25, -0.2) is 13.3 Å². The Morgan fingerprint density at radius 2 is 1.66 bits per heavy atom. The molecule has 1 saturated heterocycles. The van der Waals surface area contributed by atoms with Crippen LogP contribution in [-0.2, 0) is 30.8 Å². The molecule has 13 heteroatoms. The maximum absolute atomic E-state index is 14.0. The fourth-order valence-corrected chi connectivity index (χ4v) is 6.78. The Hall–Kier alpha value is -3.64. The Kier molecular flexibility index (Phi) is 9.23. The zero-order valence-electron chi connectivity index (χ0n) is 22.3. The molecule has 2 amide bonds. The second kappa shape index (κ2) is 12.5. The van der Waals surface area contributed by atoms with E-state index in [0.29, 0.717) is 17.1 Å². The lowest BCUT2D eigenvalue weighted by atomic mass is 10.1. The van der Waals surface area contributed by atoms with E-state index in [0.717, 1.165) is 9.21 Å². The predicted molar refractivity (Wildman–Crippen MR) is 152 cm³/mol. The van der Waals surface area contributed by atoms with Crippen LogP contribution in [0, 0.1) is 0 Å². The average molecular weight is 621 g/mol. The fraction of sp³-hybridized carbons (Fsp3) is 0.250. The molecule has 1 aliphatic heterocycles. The molecule has 1 aliphatic rings. The molecule has 0 saturated carbocycles. The molecule has 216 valence electrons. The highest BCUT2D eigenvalue weighted by atomic mass is 35.5. The number of halogens is 2. The van der Waals surface area contributed by atoms with Crippen molar-refractivity contribution in [2.24, 2.45) is 0 Å². The molecule has 3 aromatic carbocycles. The van der Waals surface area contributed by atoms with E-state index < -0.39 is 40.3 Å². The summed E-state index contributed by atoms with van der Waals surface area (Å²) in [5.41, 5.74) is 0.908. The monoisotopic (exact) mass is 620 g/mol. The van der Waals surface area contributed by atoms with E-state index in [4.69, 9.17) is 37.4 Å². The van der Waals surface area contributed by atoms with Crippen LogP contribution in [0.15, 0.2) is 65.6 Å². The van der Waals surface area contributed by atoms with Crippen LogP contribution >= 0.6 is 23.2 Å². The summed E-state index contributed by atoms with van der Waals surface area (Å²) >= 11 is 12.4. The van der Waals surface area contributed by atoms with Crippen LogP contribution in [0.5, 0.6) is 17.2 Å². The van der Waals surface area contributed by atoms with Crippen molar-refractivity contribution in [1.29, 1.82) is 0 Å². The molecule has 0 N–H and O–H groups in total. The van der Waals surface area contributed by atoms with Gasteiger partial charge in [-0.05, 0) is 66.6 Å².